The highest BCUT2D eigenvalue weighted by molar-refractivity contribution is 7.18. The van der Waals surface area contributed by atoms with Gasteiger partial charge >= 0.3 is 0 Å². The van der Waals surface area contributed by atoms with E-state index in [-0.39, 0.29) is 5.54 Å². The Bertz CT molecular complexity index is 549. The molecule has 2 rings (SSSR count). The molecule has 0 saturated heterocycles. The van der Waals surface area contributed by atoms with E-state index in [0.29, 0.717) is 12.5 Å². The number of nitrogens with one attached hydrogen (secondary N) is 1. The molecule has 4 nitrogen and oxygen atoms in total. The molecule has 0 aliphatic carbocycles. The third-order valence-corrected chi connectivity index (χ3v) is 4.51. The molecule has 98 valence electrons. The topological polar surface area (TPSA) is 63.8 Å². The van der Waals surface area contributed by atoms with Gasteiger partial charge < -0.3 is 11.1 Å². The molecule has 2 heterocycles. The van der Waals surface area contributed by atoms with Crippen molar-refractivity contribution in [1.82, 2.24) is 9.97 Å². The van der Waals surface area contributed by atoms with E-state index in [0.717, 1.165) is 16.0 Å². The van der Waals surface area contributed by atoms with Crippen molar-refractivity contribution >= 4 is 27.4 Å². The van der Waals surface area contributed by atoms with E-state index in [9.17, 15) is 0 Å². The first kappa shape index (κ1) is 13.2. The zero-order valence-electron chi connectivity index (χ0n) is 11.3. The van der Waals surface area contributed by atoms with Crippen LogP contribution in [0.5, 0.6) is 0 Å². The number of nitrogens with zero attached hydrogens (tertiary/aromatic N) is 2. The Hall–Kier alpha value is -1.20. The molecular formula is C13H20N4S. The van der Waals surface area contributed by atoms with Crippen molar-refractivity contribution in [3.8, 4) is 0 Å². The van der Waals surface area contributed by atoms with Gasteiger partial charge in [0.25, 0.3) is 0 Å². The first-order chi connectivity index (χ1) is 8.46. The first-order valence-electron chi connectivity index (χ1n) is 6.15. The second-order valence-electron chi connectivity index (χ2n) is 5.20. The van der Waals surface area contributed by atoms with Gasteiger partial charge in [0.05, 0.1) is 10.9 Å². The number of hydrogen-bond acceptors (Lipinski definition) is 5. The lowest BCUT2D eigenvalue weighted by Gasteiger charge is -2.34. The van der Waals surface area contributed by atoms with Crippen LogP contribution in [0, 0.1) is 12.8 Å². The lowest BCUT2D eigenvalue weighted by Crippen LogP contribution is -2.47. The molecule has 0 aliphatic rings. The molecule has 18 heavy (non-hydrogen) atoms. The predicted molar refractivity (Wildman–Crippen MR) is 78.1 cm³/mol. The maximum atomic E-state index is 5.90. The van der Waals surface area contributed by atoms with Gasteiger partial charge in [-0.1, -0.05) is 13.8 Å². The quantitative estimate of drug-likeness (QED) is 0.891. The van der Waals surface area contributed by atoms with Gasteiger partial charge in [-0.2, -0.15) is 0 Å². The number of hydrogen-bond donors (Lipinski definition) is 2. The molecule has 0 bridgehead atoms. The van der Waals surface area contributed by atoms with Crippen molar-refractivity contribution in [2.24, 2.45) is 11.7 Å². The Morgan fingerprint density at radius 2 is 2.17 bits per heavy atom. The van der Waals surface area contributed by atoms with Gasteiger partial charge in [-0.15, -0.1) is 11.3 Å². The van der Waals surface area contributed by atoms with Gasteiger partial charge in [-0.3, -0.25) is 0 Å². The van der Waals surface area contributed by atoms with Gasteiger partial charge in [0.15, 0.2) is 0 Å². The zero-order valence-corrected chi connectivity index (χ0v) is 12.1. The third kappa shape index (κ3) is 2.33. The Labute approximate surface area is 112 Å². The summed E-state index contributed by atoms with van der Waals surface area (Å²) < 4.78 is 0. The number of rotatable bonds is 4. The number of aromatic nitrogens is 2. The monoisotopic (exact) mass is 264 g/mol. The lowest BCUT2D eigenvalue weighted by molar-refractivity contribution is 0.382. The van der Waals surface area contributed by atoms with Crippen LogP contribution in [0.2, 0.25) is 0 Å². The number of thiophene rings is 1. The minimum absolute atomic E-state index is 0.156. The van der Waals surface area contributed by atoms with Gasteiger partial charge in [0, 0.05) is 11.4 Å². The van der Waals surface area contributed by atoms with E-state index in [2.05, 4.69) is 49.0 Å². The fraction of sp³-hybridized carbons (Fsp3) is 0.538. The molecule has 0 radical (unpaired) electrons. The molecule has 0 amide bonds. The standard InChI is InChI=1S/C13H20N4S/c1-8(2)13(4,6-14)17-11-10-5-9(3)18-12(10)16-7-15-11/h5,7-8H,6,14H2,1-4H3,(H,15,16,17). The maximum absolute atomic E-state index is 5.90. The Balaban J connectivity index is 2.42. The summed E-state index contributed by atoms with van der Waals surface area (Å²) in [5.41, 5.74) is 5.75. The molecule has 0 aromatic carbocycles. The minimum atomic E-state index is -0.156. The summed E-state index contributed by atoms with van der Waals surface area (Å²) in [4.78, 5) is 10.9. The summed E-state index contributed by atoms with van der Waals surface area (Å²) in [6.07, 6.45) is 1.61. The summed E-state index contributed by atoms with van der Waals surface area (Å²) in [5, 5.41) is 4.58. The number of nitrogens with two attached hydrogens (primary N) is 1. The number of aryl methyl sites for hydroxylation is 1. The molecule has 2 aromatic rings. The largest absolute Gasteiger partial charge is 0.363 e. The van der Waals surface area contributed by atoms with Crippen molar-refractivity contribution in [3.05, 3.63) is 17.3 Å². The van der Waals surface area contributed by atoms with Gasteiger partial charge in [-0.05, 0) is 25.8 Å². The van der Waals surface area contributed by atoms with Crippen molar-refractivity contribution in [2.45, 2.75) is 33.2 Å². The molecule has 0 aliphatic heterocycles. The van der Waals surface area contributed by atoms with Crippen LogP contribution in [-0.4, -0.2) is 22.1 Å². The Kier molecular flexibility index (Phi) is 3.54. The fourth-order valence-corrected chi connectivity index (χ4v) is 2.62. The third-order valence-electron chi connectivity index (χ3n) is 3.55. The molecule has 3 N–H and O–H groups in total. The van der Waals surface area contributed by atoms with Crippen LogP contribution in [0.15, 0.2) is 12.4 Å². The minimum Gasteiger partial charge on any atom is -0.363 e. The maximum Gasteiger partial charge on any atom is 0.138 e. The van der Waals surface area contributed by atoms with Crippen molar-refractivity contribution in [3.63, 3.8) is 0 Å². The van der Waals surface area contributed by atoms with E-state index >= 15 is 0 Å². The van der Waals surface area contributed by atoms with E-state index in [1.807, 2.05) is 0 Å². The average molecular weight is 264 g/mol. The number of anilines is 1. The molecule has 0 spiro atoms. The van der Waals surface area contributed by atoms with Crippen LogP contribution in [0.25, 0.3) is 10.2 Å². The second kappa shape index (κ2) is 4.82. The van der Waals surface area contributed by atoms with E-state index in [1.165, 1.54) is 4.88 Å². The normalized spacial score (nSPS) is 15.0. The van der Waals surface area contributed by atoms with Gasteiger partial charge in [0.1, 0.15) is 17.0 Å². The van der Waals surface area contributed by atoms with Crippen LogP contribution in [0.3, 0.4) is 0 Å². The molecule has 0 saturated carbocycles. The van der Waals surface area contributed by atoms with Crippen molar-refractivity contribution in [2.75, 3.05) is 11.9 Å². The van der Waals surface area contributed by atoms with Gasteiger partial charge in [-0.25, -0.2) is 9.97 Å². The summed E-state index contributed by atoms with van der Waals surface area (Å²) in [7, 11) is 0. The van der Waals surface area contributed by atoms with Crippen LogP contribution in [-0.2, 0) is 0 Å². The summed E-state index contributed by atoms with van der Waals surface area (Å²) in [6, 6.07) is 2.12. The highest BCUT2D eigenvalue weighted by Crippen LogP contribution is 2.30. The fourth-order valence-electron chi connectivity index (χ4n) is 1.78. The molecule has 1 atom stereocenters. The Morgan fingerprint density at radius 3 is 2.78 bits per heavy atom. The van der Waals surface area contributed by atoms with E-state index < -0.39 is 0 Å². The lowest BCUT2D eigenvalue weighted by atomic mass is 9.88. The van der Waals surface area contributed by atoms with Crippen LogP contribution >= 0.6 is 11.3 Å². The van der Waals surface area contributed by atoms with Crippen LogP contribution in [0.4, 0.5) is 5.82 Å². The molecular weight excluding hydrogens is 244 g/mol. The summed E-state index contributed by atoms with van der Waals surface area (Å²) >= 11 is 1.69. The van der Waals surface area contributed by atoms with E-state index in [1.54, 1.807) is 17.7 Å². The van der Waals surface area contributed by atoms with Crippen LogP contribution < -0.4 is 11.1 Å². The average Bonchev–Trinajstić information content (AvgIpc) is 2.70. The summed E-state index contributed by atoms with van der Waals surface area (Å²) in [6.45, 7) is 9.11. The van der Waals surface area contributed by atoms with E-state index in [4.69, 9.17) is 5.73 Å². The number of fused-ring (bicyclic) bond motifs is 1. The molecule has 1 unspecified atom stereocenters. The highest BCUT2D eigenvalue weighted by atomic mass is 32.1. The molecule has 2 aromatic heterocycles. The second-order valence-corrected chi connectivity index (χ2v) is 6.43. The van der Waals surface area contributed by atoms with Crippen LogP contribution in [0.1, 0.15) is 25.6 Å². The van der Waals surface area contributed by atoms with Gasteiger partial charge in [0.2, 0.25) is 0 Å². The smallest absolute Gasteiger partial charge is 0.138 e. The predicted octanol–water partition coefficient (Wildman–Crippen LogP) is 2.79. The summed E-state index contributed by atoms with van der Waals surface area (Å²) in [5.74, 6) is 1.30. The molecule has 0 fully saturated rings. The van der Waals surface area contributed by atoms with Crippen molar-refractivity contribution in [1.29, 1.82) is 0 Å². The first-order valence-corrected chi connectivity index (χ1v) is 6.97. The zero-order chi connectivity index (χ0) is 13.3. The highest BCUT2D eigenvalue weighted by Gasteiger charge is 2.27. The van der Waals surface area contributed by atoms with Crippen molar-refractivity contribution < 1.29 is 0 Å². The molecule has 5 heteroatoms. The SMILES string of the molecule is Cc1cc2c(NC(C)(CN)C(C)C)ncnc2s1. The Morgan fingerprint density at radius 1 is 1.44 bits per heavy atom.